The lowest BCUT2D eigenvalue weighted by Crippen LogP contribution is -2.73. The summed E-state index contributed by atoms with van der Waals surface area (Å²) in [6.07, 6.45) is 1.88. The molecule has 0 rings (SSSR count). The van der Waals surface area contributed by atoms with Crippen LogP contribution in [0.1, 0.15) is 206 Å². The first-order valence-electron chi connectivity index (χ1n) is 20.1. The molecule has 0 radical (unpaired) electrons. The van der Waals surface area contributed by atoms with Crippen molar-refractivity contribution in [3.8, 4) is 0 Å². The molecule has 1 atom stereocenters. The third kappa shape index (κ3) is 14.2. The number of nitrogens with one attached hydrogen (secondary N) is 1. The van der Waals surface area contributed by atoms with E-state index in [4.69, 9.17) is 4.74 Å². The summed E-state index contributed by atoms with van der Waals surface area (Å²) >= 11 is 2.25. The van der Waals surface area contributed by atoms with Gasteiger partial charge in [-0.2, -0.15) is 0 Å². The molecule has 7 heteroatoms. The van der Waals surface area contributed by atoms with Gasteiger partial charge in [0.2, 0.25) is 0 Å². The van der Waals surface area contributed by atoms with E-state index < -0.39 is 58.8 Å². The van der Waals surface area contributed by atoms with Crippen molar-refractivity contribution in [1.29, 1.82) is 0 Å². The van der Waals surface area contributed by atoms with Crippen LogP contribution in [-0.2, 0) is 19.1 Å². The molecular formula is C46H89IN2O4. The third-order valence-corrected chi connectivity index (χ3v) is 11.6. The Hall–Kier alpha value is -0.380. The molecule has 0 amide bonds. The van der Waals surface area contributed by atoms with Crippen molar-refractivity contribution in [2.24, 2.45) is 27.1 Å². The number of rotatable bonds is 18. The number of Topliss-reactive ketones (excluding diaryl/α,β-unsaturated/α-hetero) is 3. The number of alkyl halides is 1. The van der Waals surface area contributed by atoms with Crippen LogP contribution < -0.4 is 5.32 Å². The van der Waals surface area contributed by atoms with Gasteiger partial charge in [0, 0.05) is 43.8 Å². The zero-order chi connectivity index (χ0) is 43.4. The van der Waals surface area contributed by atoms with Crippen molar-refractivity contribution in [2.75, 3.05) is 0 Å². The predicted octanol–water partition coefficient (Wildman–Crippen LogP) is 12.2. The van der Waals surface area contributed by atoms with Gasteiger partial charge in [0.25, 0.3) is 0 Å². The fourth-order valence-corrected chi connectivity index (χ4v) is 11.1. The fourth-order valence-electron chi connectivity index (χ4n) is 10.4. The molecule has 6 nitrogen and oxygen atoms in total. The Balaban J connectivity index is 7.90. The van der Waals surface area contributed by atoms with Crippen LogP contribution in [0.25, 0.3) is 0 Å². The normalized spacial score (nSPS) is 16.2. The SMILES string of the molecule is CC(C)(C)NC(C)(C)CC(C)(C)OC(C)(C)CC(C)(C)C(C(=O)C(C)(C)C)N(C(C)(C)CC(C)(C)C(=O)C(C)(C)I)C(C)(C)C(C)(C)C(=O)C(C)(C)C. The smallest absolute Gasteiger partial charge is 0.155 e. The molecule has 0 aromatic carbocycles. The maximum Gasteiger partial charge on any atom is 0.155 e. The molecule has 0 aliphatic heterocycles. The standard InChI is InChI=1S/C46H89IN2O4/c1-35(2,3)32(50)31(38(10,11)29-42(18,19)53-43(20,21)30-40(14,15)48-37(7,8)9)49(46(26,27)44(22,23)33(51)36(4,5)6)41(16,17)28-39(12,13)34(52)45(24,25)47/h31,48H,28-30H2,1-27H3. The topological polar surface area (TPSA) is 75.7 Å². The summed E-state index contributed by atoms with van der Waals surface area (Å²) in [4.78, 5) is 46.3. The van der Waals surface area contributed by atoms with E-state index in [1.54, 1.807) is 0 Å². The molecule has 314 valence electrons. The van der Waals surface area contributed by atoms with Crippen LogP contribution in [0.4, 0.5) is 0 Å². The molecule has 0 fully saturated rings. The summed E-state index contributed by atoms with van der Waals surface area (Å²) in [5.41, 5.74) is -6.33. The average Bonchev–Trinajstić information content (AvgIpc) is 2.78. The zero-order valence-electron chi connectivity index (χ0n) is 40.2. The Kier molecular flexibility index (Phi) is 15.6. The number of carbonyl (C=O) groups is 3. The van der Waals surface area contributed by atoms with E-state index in [1.165, 1.54) is 0 Å². The monoisotopic (exact) mass is 861 g/mol. The third-order valence-electron chi connectivity index (χ3n) is 11.1. The van der Waals surface area contributed by atoms with Crippen LogP contribution in [0, 0.1) is 27.1 Å². The molecule has 0 saturated heterocycles. The van der Waals surface area contributed by atoms with Gasteiger partial charge in [-0.3, -0.25) is 19.3 Å². The Morgan fingerprint density at radius 3 is 1.30 bits per heavy atom. The van der Waals surface area contributed by atoms with Gasteiger partial charge in [0.15, 0.2) is 11.6 Å². The fraction of sp³-hybridized carbons (Fsp3) is 0.935. The average molecular weight is 861 g/mol. The van der Waals surface area contributed by atoms with E-state index in [0.717, 1.165) is 6.42 Å². The summed E-state index contributed by atoms with van der Waals surface area (Å²) in [6, 6.07) is -0.622. The Morgan fingerprint density at radius 2 is 0.962 bits per heavy atom. The van der Waals surface area contributed by atoms with E-state index in [-0.39, 0.29) is 28.4 Å². The number of ketones is 3. The summed E-state index contributed by atoms with van der Waals surface area (Å²) in [6.45, 7) is 56.7. The maximum atomic E-state index is 15.3. The van der Waals surface area contributed by atoms with Gasteiger partial charge in [-0.05, 0) is 129 Å². The molecule has 0 saturated carbocycles. The molecule has 0 aliphatic rings. The number of nitrogens with zero attached hydrogens (tertiary/aromatic N) is 1. The highest BCUT2D eigenvalue weighted by molar-refractivity contribution is 14.1. The van der Waals surface area contributed by atoms with E-state index in [0.29, 0.717) is 12.8 Å². The van der Waals surface area contributed by atoms with Gasteiger partial charge in [-0.1, -0.05) is 106 Å². The first-order valence-corrected chi connectivity index (χ1v) is 21.2. The highest BCUT2D eigenvalue weighted by atomic mass is 127. The van der Waals surface area contributed by atoms with Crippen molar-refractivity contribution >= 4 is 39.9 Å². The molecule has 53 heavy (non-hydrogen) atoms. The van der Waals surface area contributed by atoms with Crippen molar-refractivity contribution < 1.29 is 19.1 Å². The quantitative estimate of drug-likeness (QED) is 0.109. The molecule has 0 aromatic rings. The first-order chi connectivity index (χ1) is 22.5. The second-order valence-electron chi connectivity index (χ2n) is 25.0. The van der Waals surface area contributed by atoms with Gasteiger partial charge >= 0.3 is 0 Å². The van der Waals surface area contributed by atoms with Crippen LogP contribution in [0.5, 0.6) is 0 Å². The minimum atomic E-state index is -0.870. The number of hydrogen-bond donors (Lipinski definition) is 1. The Labute approximate surface area is 343 Å². The Bertz CT molecular complexity index is 1300. The molecule has 0 aromatic heterocycles. The number of hydrogen-bond acceptors (Lipinski definition) is 6. The molecule has 1 N–H and O–H groups in total. The van der Waals surface area contributed by atoms with Crippen LogP contribution >= 0.6 is 22.6 Å². The lowest BCUT2D eigenvalue weighted by atomic mass is 9.59. The molecule has 1 unspecified atom stereocenters. The second-order valence-corrected chi connectivity index (χ2v) is 27.7. The van der Waals surface area contributed by atoms with E-state index >= 15 is 4.79 Å². The second kappa shape index (κ2) is 15.8. The largest absolute Gasteiger partial charge is 0.370 e. The maximum absolute atomic E-state index is 15.3. The zero-order valence-corrected chi connectivity index (χ0v) is 42.3. The molecule has 0 spiro atoms. The minimum absolute atomic E-state index is 0.0471. The lowest BCUT2D eigenvalue weighted by Gasteiger charge is -2.62. The van der Waals surface area contributed by atoms with Gasteiger partial charge in [0.1, 0.15) is 5.78 Å². The van der Waals surface area contributed by atoms with Gasteiger partial charge in [-0.25, -0.2) is 0 Å². The van der Waals surface area contributed by atoms with Gasteiger partial charge in [-0.15, -0.1) is 0 Å². The highest BCUT2D eigenvalue weighted by Gasteiger charge is 2.60. The van der Waals surface area contributed by atoms with Gasteiger partial charge in [0.05, 0.1) is 20.7 Å². The van der Waals surface area contributed by atoms with Crippen molar-refractivity contribution in [2.45, 2.75) is 249 Å². The van der Waals surface area contributed by atoms with Crippen LogP contribution in [0.2, 0.25) is 0 Å². The number of ether oxygens (including phenoxy) is 1. The summed E-state index contributed by atoms with van der Waals surface area (Å²) in [5, 5.41) is 3.77. The molecular weight excluding hydrogens is 771 g/mol. The number of carbonyl (C=O) groups excluding carboxylic acids is 3. The van der Waals surface area contributed by atoms with E-state index in [9.17, 15) is 9.59 Å². The summed E-state index contributed by atoms with van der Waals surface area (Å²) in [5.74, 6) is 0.419. The van der Waals surface area contributed by atoms with Crippen LogP contribution in [0.15, 0.2) is 0 Å². The summed E-state index contributed by atoms with van der Waals surface area (Å²) in [7, 11) is 0. The van der Waals surface area contributed by atoms with Crippen LogP contribution in [-0.4, -0.2) is 65.1 Å². The minimum Gasteiger partial charge on any atom is -0.370 e. The van der Waals surface area contributed by atoms with Gasteiger partial charge < -0.3 is 10.1 Å². The molecule has 0 aliphatic carbocycles. The Morgan fingerprint density at radius 1 is 0.566 bits per heavy atom. The molecule has 0 heterocycles. The summed E-state index contributed by atoms with van der Waals surface area (Å²) < 4.78 is 6.54. The van der Waals surface area contributed by atoms with E-state index in [2.05, 4.69) is 137 Å². The highest BCUT2D eigenvalue weighted by Crippen LogP contribution is 2.53. The van der Waals surface area contributed by atoms with Crippen LogP contribution in [0.3, 0.4) is 0 Å². The first kappa shape index (κ1) is 52.6. The molecule has 0 bridgehead atoms. The van der Waals surface area contributed by atoms with Crippen molar-refractivity contribution in [3.05, 3.63) is 0 Å². The van der Waals surface area contributed by atoms with Crippen molar-refractivity contribution in [1.82, 2.24) is 10.2 Å². The lowest BCUT2D eigenvalue weighted by molar-refractivity contribution is -0.182. The number of halogens is 1. The van der Waals surface area contributed by atoms with E-state index in [1.807, 2.05) is 83.1 Å². The predicted molar refractivity (Wildman–Crippen MR) is 237 cm³/mol. The van der Waals surface area contributed by atoms with Crippen molar-refractivity contribution in [3.63, 3.8) is 0 Å².